The van der Waals surface area contributed by atoms with Crippen LogP contribution in [0.5, 0.6) is 0 Å². The molecule has 5 rings (SSSR count). The molecule has 2 N–H and O–H groups in total. The van der Waals surface area contributed by atoms with Crippen molar-refractivity contribution in [1.29, 1.82) is 0 Å². The number of carbonyl (C=O) groups is 1. The number of methoxy groups -OCH3 is 1. The molecule has 1 aromatic carbocycles. The first-order valence-corrected chi connectivity index (χ1v) is 11.7. The van der Waals surface area contributed by atoms with Crippen LogP contribution in [0.3, 0.4) is 0 Å². The highest BCUT2D eigenvalue weighted by Crippen LogP contribution is 2.48. The van der Waals surface area contributed by atoms with Gasteiger partial charge in [0.05, 0.1) is 29.1 Å². The Bertz CT molecular complexity index is 1360. The molecule has 1 amide bonds. The largest absolute Gasteiger partial charge is 0.453 e. The first-order chi connectivity index (χ1) is 16.5. The Morgan fingerprint density at radius 1 is 1.29 bits per heavy atom. The van der Waals surface area contributed by atoms with E-state index in [0.717, 1.165) is 45.4 Å². The summed E-state index contributed by atoms with van der Waals surface area (Å²) < 4.78 is 21.3. The Morgan fingerprint density at radius 2 is 2.12 bits per heavy atom. The maximum atomic E-state index is 14.9. The van der Waals surface area contributed by atoms with Gasteiger partial charge in [-0.05, 0) is 43.5 Å². The highest BCUT2D eigenvalue weighted by Gasteiger charge is 2.34. The number of aromatic nitrogens is 4. The minimum Gasteiger partial charge on any atom is -0.453 e. The van der Waals surface area contributed by atoms with Crippen molar-refractivity contribution in [3.05, 3.63) is 59.7 Å². The van der Waals surface area contributed by atoms with Gasteiger partial charge in [-0.3, -0.25) is 5.32 Å². The van der Waals surface area contributed by atoms with Crippen LogP contribution < -0.4 is 10.6 Å². The van der Waals surface area contributed by atoms with Crippen LogP contribution in [0.2, 0.25) is 0 Å². The lowest BCUT2D eigenvalue weighted by Crippen LogP contribution is -2.11. The fourth-order valence-electron chi connectivity index (χ4n) is 4.21. The molecule has 8 nitrogen and oxygen atoms in total. The quantitative estimate of drug-likeness (QED) is 0.395. The predicted molar refractivity (Wildman–Crippen MR) is 130 cm³/mol. The maximum Gasteiger partial charge on any atom is 0.413 e. The first kappa shape index (κ1) is 22.0. The predicted octanol–water partition coefficient (Wildman–Crippen LogP) is 5.47. The van der Waals surface area contributed by atoms with E-state index in [4.69, 9.17) is 9.84 Å². The number of anilines is 2. The zero-order valence-corrected chi connectivity index (χ0v) is 19.7. The highest BCUT2D eigenvalue weighted by atomic mass is 32.1. The Labute approximate surface area is 199 Å². The molecule has 1 aliphatic rings. The summed E-state index contributed by atoms with van der Waals surface area (Å²) in [7, 11) is 1.30. The summed E-state index contributed by atoms with van der Waals surface area (Å²) in [6.45, 7) is 4.89. The Morgan fingerprint density at radius 3 is 2.82 bits per heavy atom. The number of nitrogens with zero attached hydrogens (tertiary/aromatic N) is 4. The second kappa shape index (κ2) is 8.86. The minimum absolute atomic E-state index is 0.0690. The van der Waals surface area contributed by atoms with Gasteiger partial charge in [-0.25, -0.2) is 23.8 Å². The molecule has 0 aliphatic heterocycles. The molecule has 0 bridgehead atoms. The third-order valence-corrected chi connectivity index (χ3v) is 6.72. The van der Waals surface area contributed by atoms with E-state index in [0.29, 0.717) is 17.2 Å². The molecule has 1 aliphatic carbocycles. The third-order valence-electron chi connectivity index (χ3n) is 5.70. The van der Waals surface area contributed by atoms with E-state index in [1.165, 1.54) is 24.5 Å². The number of fused-ring (bicyclic) bond motifs is 3. The van der Waals surface area contributed by atoms with Crippen molar-refractivity contribution in [3.8, 4) is 27.5 Å². The molecule has 0 fully saturated rings. The highest BCUT2D eigenvalue weighted by molar-refractivity contribution is 7.19. The van der Waals surface area contributed by atoms with Crippen molar-refractivity contribution in [2.24, 2.45) is 0 Å². The van der Waals surface area contributed by atoms with E-state index < -0.39 is 6.09 Å². The van der Waals surface area contributed by atoms with E-state index in [1.54, 1.807) is 29.1 Å². The van der Waals surface area contributed by atoms with E-state index in [2.05, 4.69) is 27.5 Å². The zero-order chi connectivity index (χ0) is 23.8. The molecule has 0 spiro atoms. The number of ether oxygens (including phenoxy) is 1. The average molecular weight is 479 g/mol. The van der Waals surface area contributed by atoms with Crippen molar-refractivity contribution in [1.82, 2.24) is 19.7 Å². The summed E-state index contributed by atoms with van der Waals surface area (Å²) in [5, 5.41) is 11.2. The minimum atomic E-state index is -0.588. The number of benzene rings is 1. The molecule has 1 atom stereocenters. The average Bonchev–Trinajstić information content (AvgIpc) is 3.42. The molecule has 1 unspecified atom stereocenters. The summed E-state index contributed by atoms with van der Waals surface area (Å²) >= 11 is 1.32. The molecule has 3 aromatic heterocycles. The summed E-state index contributed by atoms with van der Waals surface area (Å²) in [6, 6.07) is 10.4. The van der Waals surface area contributed by atoms with Gasteiger partial charge < -0.3 is 10.1 Å². The number of thiazole rings is 1. The number of hydrogen-bond donors (Lipinski definition) is 2. The third kappa shape index (κ3) is 3.79. The van der Waals surface area contributed by atoms with Gasteiger partial charge in [0.1, 0.15) is 17.3 Å². The topological polar surface area (TPSA) is 94.0 Å². The second-order valence-electron chi connectivity index (χ2n) is 7.95. The van der Waals surface area contributed by atoms with Crippen LogP contribution in [0.15, 0.2) is 42.6 Å². The Kier molecular flexibility index (Phi) is 5.74. The summed E-state index contributed by atoms with van der Waals surface area (Å²) in [4.78, 5) is 21.7. The van der Waals surface area contributed by atoms with Crippen LogP contribution in [0.25, 0.3) is 27.5 Å². The first-order valence-electron chi connectivity index (χ1n) is 10.9. The Hall–Kier alpha value is -3.79. The smallest absolute Gasteiger partial charge is 0.413 e. The van der Waals surface area contributed by atoms with Gasteiger partial charge in [-0.1, -0.05) is 30.4 Å². The van der Waals surface area contributed by atoms with Crippen LogP contribution in [0.1, 0.15) is 31.0 Å². The molecule has 10 heteroatoms. The molecule has 174 valence electrons. The van der Waals surface area contributed by atoms with Crippen molar-refractivity contribution >= 4 is 28.4 Å². The van der Waals surface area contributed by atoms with E-state index in [-0.39, 0.29) is 11.7 Å². The summed E-state index contributed by atoms with van der Waals surface area (Å²) in [5.41, 5.74) is 4.56. The molecular formula is C24H23FN6O2S. The monoisotopic (exact) mass is 478 g/mol. The van der Waals surface area contributed by atoms with E-state index in [9.17, 15) is 9.18 Å². The SMILES string of the molecule is CCNc1ccc(-c2nn(-c3ccccc3F)c3c2C(C)Cc2nc(NC(=O)OC)sc2-3)cn1. The van der Waals surface area contributed by atoms with Crippen LogP contribution >= 0.6 is 11.3 Å². The number of para-hydroxylation sites is 1. The molecule has 34 heavy (non-hydrogen) atoms. The summed E-state index contributed by atoms with van der Waals surface area (Å²) in [5.74, 6) is 0.474. The van der Waals surface area contributed by atoms with Gasteiger partial charge in [-0.2, -0.15) is 5.10 Å². The van der Waals surface area contributed by atoms with E-state index in [1.807, 2.05) is 19.1 Å². The number of rotatable bonds is 5. The zero-order valence-electron chi connectivity index (χ0n) is 18.9. The molecule has 0 saturated heterocycles. The number of carbonyl (C=O) groups excluding carboxylic acids is 1. The van der Waals surface area contributed by atoms with Crippen LogP contribution in [-0.2, 0) is 11.2 Å². The lowest BCUT2D eigenvalue weighted by molar-refractivity contribution is 0.187. The molecule has 3 heterocycles. The van der Waals surface area contributed by atoms with Gasteiger partial charge in [0.25, 0.3) is 0 Å². The van der Waals surface area contributed by atoms with E-state index >= 15 is 0 Å². The molecule has 4 aromatic rings. The number of amides is 1. The van der Waals surface area contributed by atoms with Crippen LogP contribution in [0.4, 0.5) is 20.1 Å². The van der Waals surface area contributed by atoms with Crippen molar-refractivity contribution < 1.29 is 13.9 Å². The van der Waals surface area contributed by atoms with Gasteiger partial charge in [0, 0.05) is 23.9 Å². The fraction of sp³-hybridized carbons (Fsp3) is 0.250. The van der Waals surface area contributed by atoms with Crippen molar-refractivity contribution in [3.63, 3.8) is 0 Å². The molecule has 0 radical (unpaired) electrons. The van der Waals surface area contributed by atoms with Crippen LogP contribution in [-0.4, -0.2) is 39.5 Å². The lowest BCUT2D eigenvalue weighted by Gasteiger charge is -2.20. The molecule has 0 saturated carbocycles. The standard InChI is InChI=1S/C24H23FN6O2S/c1-4-26-18-10-9-14(12-27-18)20-19-13(2)11-16-22(34-23(28-16)29-24(32)33-3)21(19)31(30-20)17-8-6-5-7-15(17)25/h5-10,12-13H,4,11H2,1-3H3,(H,26,27)(H,28,29,32). The fourth-order valence-corrected chi connectivity index (χ4v) is 5.23. The number of pyridine rings is 1. The molecular weight excluding hydrogens is 455 g/mol. The normalized spacial score (nSPS) is 14.3. The lowest BCUT2D eigenvalue weighted by atomic mass is 9.86. The van der Waals surface area contributed by atoms with Gasteiger partial charge >= 0.3 is 6.09 Å². The summed E-state index contributed by atoms with van der Waals surface area (Å²) in [6.07, 6.45) is 1.86. The van der Waals surface area contributed by atoms with Crippen molar-refractivity contribution in [2.45, 2.75) is 26.2 Å². The van der Waals surface area contributed by atoms with Gasteiger partial charge in [0.15, 0.2) is 5.13 Å². The van der Waals surface area contributed by atoms with Gasteiger partial charge in [-0.15, -0.1) is 0 Å². The number of halogens is 1. The van der Waals surface area contributed by atoms with Gasteiger partial charge in [0.2, 0.25) is 0 Å². The number of hydrogen-bond acceptors (Lipinski definition) is 7. The van der Waals surface area contributed by atoms with Crippen molar-refractivity contribution in [2.75, 3.05) is 24.3 Å². The Balaban J connectivity index is 1.72. The second-order valence-corrected chi connectivity index (χ2v) is 8.95. The number of nitrogens with one attached hydrogen (secondary N) is 2. The van der Waals surface area contributed by atoms with Crippen LogP contribution in [0, 0.1) is 5.82 Å². The maximum absolute atomic E-state index is 14.9.